The van der Waals surface area contributed by atoms with E-state index in [0.29, 0.717) is 28.5 Å². The molecule has 3 N–H and O–H groups in total. The van der Waals surface area contributed by atoms with Crippen LogP contribution in [-0.2, 0) is 14.8 Å². The average Bonchev–Trinajstić information content (AvgIpc) is 3.34. The molecule has 0 spiro atoms. The van der Waals surface area contributed by atoms with E-state index in [2.05, 4.69) is 25.2 Å². The molecule has 4 aromatic rings. The lowest BCUT2D eigenvalue weighted by molar-refractivity contribution is -0.111. The average molecular weight is 460 g/mol. The zero-order valence-electron chi connectivity index (χ0n) is 17.7. The Labute approximate surface area is 191 Å². The van der Waals surface area contributed by atoms with Gasteiger partial charge in [0.1, 0.15) is 0 Å². The third kappa shape index (κ3) is 5.22. The van der Waals surface area contributed by atoms with Crippen LogP contribution < -0.4 is 10.0 Å². The van der Waals surface area contributed by atoms with Crippen molar-refractivity contribution in [2.24, 2.45) is 0 Å². The minimum Gasteiger partial charge on any atom is -0.322 e. The van der Waals surface area contributed by atoms with Gasteiger partial charge in [-0.3, -0.25) is 9.89 Å². The lowest BCUT2D eigenvalue weighted by Crippen LogP contribution is -2.18. The zero-order chi connectivity index (χ0) is 23.3. The molecule has 4 rings (SSSR count). The Morgan fingerprint density at radius 3 is 2.36 bits per heavy atom. The minimum absolute atomic E-state index is 0.155. The molecule has 1 amide bonds. The Balaban J connectivity index is 1.49. The van der Waals surface area contributed by atoms with Gasteiger partial charge < -0.3 is 5.32 Å². The summed E-state index contributed by atoms with van der Waals surface area (Å²) in [5.74, 6) is 0.766. The number of carbonyl (C=O) groups is 1. The van der Waals surface area contributed by atoms with Gasteiger partial charge in [0, 0.05) is 17.2 Å². The standard InChI is InChI=1S/C24H21N5O3S/c1-25-33(31,32)19-14-11-17(12-15-19)13-16-22(30)26-21-10-6-5-9-20(21)24-27-23(28-29-24)18-7-3-2-4-8-18/h2-16,25H,1H3,(H,26,30)(H,27,28,29)/b16-13+. The highest BCUT2D eigenvalue weighted by Crippen LogP contribution is 2.26. The number of aromatic nitrogens is 3. The van der Waals surface area contributed by atoms with Crippen molar-refractivity contribution in [2.45, 2.75) is 4.90 Å². The van der Waals surface area contributed by atoms with Crippen molar-refractivity contribution >= 4 is 27.7 Å². The molecule has 0 aliphatic carbocycles. The summed E-state index contributed by atoms with van der Waals surface area (Å²) < 4.78 is 25.9. The predicted molar refractivity (Wildman–Crippen MR) is 128 cm³/mol. The second-order valence-corrected chi connectivity index (χ2v) is 8.90. The van der Waals surface area contributed by atoms with Gasteiger partial charge in [0.25, 0.3) is 0 Å². The van der Waals surface area contributed by atoms with E-state index in [4.69, 9.17) is 0 Å². The molecule has 0 aliphatic heterocycles. The quantitative estimate of drug-likeness (QED) is 0.364. The molecule has 0 unspecified atom stereocenters. The van der Waals surface area contributed by atoms with Gasteiger partial charge in [-0.15, -0.1) is 0 Å². The van der Waals surface area contributed by atoms with Crippen LogP contribution in [0.1, 0.15) is 5.56 Å². The Morgan fingerprint density at radius 1 is 0.939 bits per heavy atom. The Bertz CT molecular complexity index is 1400. The fraction of sp³-hybridized carbons (Fsp3) is 0.0417. The lowest BCUT2D eigenvalue weighted by atomic mass is 10.1. The summed E-state index contributed by atoms with van der Waals surface area (Å²) in [7, 11) is -2.15. The number of hydrogen-bond donors (Lipinski definition) is 3. The first-order chi connectivity index (χ1) is 16.0. The molecule has 1 heterocycles. The van der Waals surface area contributed by atoms with Crippen molar-refractivity contribution < 1.29 is 13.2 Å². The van der Waals surface area contributed by atoms with Crippen LogP contribution in [0.3, 0.4) is 0 Å². The smallest absolute Gasteiger partial charge is 0.248 e. The fourth-order valence-electron chi connectivity index (χ4n) is 3.12. The Morgan fingerprint density at radius 2 is 1.64 bits per heavy atom. The zero-order valence-corrected chi connectivity index (χ0v) is 18.5. The molecule has 8 nitrogen and oxygen atoms in total. The van der Waals surface area contributed by atoms with Crippen molar-refractivity contribution in [2.75, 3.05) is 12.4 Å². The first kappa shape index (κ1) is 22.1. The lowest BCUT2D eigenvalue weighted by Gasteiger charge is -2.07. The predicted octanol–water partition coefficient (Wildman–Crippen LogP) is 3.70. The number of anilines is 1. The number of benzene rings is 3. The number of hydrogen-bond acceptors (Lipinski definition) is 5. The molecular weight excluding hydrogens is 438 g/mol. The third-order valence-corrected chi connectivity index (χ3v) is 6.27. The van der Waals surface area contributed by atoms with E-state index in [9.17, 15) is 13.2 Å². The van der Waals surface area contributed by atoms with Crippen molar-refractivity contribution in [1.29, 1.82) is 0 Å². The van der Waals surface area contributed by atoms with Gasteiger partial charge in [0.05, 0.1) is 10.6 Å². The van der Waals surface area contributed by atoms with Gasteiger partial charge in [0.2, 0.25) is 15.9 Å². The van der Waals surface area contributed by atoms with E-state index in [-0.39, 0.29) is 10.8 Å². The number of carbonyl (C=O) groups excluding carboxylic acids is 1. The number of nitrogens with zero attached hydrogens (tertiary/aromatic N) is 2. The van der Waals surface area contributed by atoms with Crippen molar-refractivity contribution in [3.05, 3.63) is 90.5 Å². The van der Waals surface area contributed by atoms with Crippen LogP contribution in [0.2, 0.25) is 0 Å². The molecule has 0 saturated carbocycles. The van der Waals surface area contributed by atoms with Gasteiger partial charge in [-0.1, -0.05) is 54.6 Å². The maximum absolute atomic E-state index is 12.5. The van der Waals surface area contributed by atoms with Gasteiger partial charge in [-0.25, -0.2) is 18.1 Å². The van der Waals surface area contributed by atoms with Crippen LogP contribution in [0.25, 0.3) is 28.9 Å². The van der Waals surface area contributed by atoms with Gasteiger partial charge >= 0.3 is 0 Å². The number of rotatable bonds is 7. The van der Waals surface area contributed by atoms with Crippen molar-refractivity contribution in [3.63, 3.8) is 0 Å². The molecule has 0 radical (unpaired) electrons. The van der Waals surface area contributed by atoms with E-state index < -0.39 is 10.0 Å². The van der Waals surface area contributed by atoms with E-state index in [1.165, 1.54) is 25.3 Å². The van der Waals surface area contributed by atoms with Gasteiger partial charge in [-0.05, 0) is 43.0 Å². The van der Waals surface area contributed by atoms with Crippen LogP contribution in [0.4, 0.5) is 5.69 Å². The van der Waals surface area contributed by atoms with Gasteiger partial charge in [-0.2, -0.15) is 5.10 Å². The van der Waals surface area contributed by atoms with E-state index in [0.717, 1.165) is 5.56 Å². The topological polar surface area (TPSA) is 117 Å². The molecule has 0 aliphatic rings. The van der Waals surface area contributed by atoms with Crippen LogP contribution in [0.5, 0.6) is 0 Å². The largest absolute Gasteiger partial charge is 0.322 e. The van der Waals surface area contributed by atoms with Crippen molar-refractivity contribution in [1.82, 2.24) is 19.9 Å². The number of para-hydroxylation sites is 1. The summed E-state index contributed by atoms with van der Waals surface area (Å²) in [5, 5.41) is 10.1. The first-order valence-corrected chi connectivity index (χ1v) is 11.5. The summed E-state index contributed by atoms with van der Waals surface area (Å²) in [6, 6.07) is 23.1. The highest BCUT2D eigenvalue weighted by Gasteiger charge is 2.13. The SMILES string of the molecule is CNS(=O)(=O)c1ccc(/C=C/C(=O)Nc2ccccc2-c2nc(-c3ccccc3)n[nH]2)cc1. The molecule has 0 bridgehead atoms. The number of amides is 1. The van der Waals surface area contributed by atoms with E-state index in [1.54, 1.807) is 24.3 Å². The minimum atomic E-state index is -3.50. The summed E-state index contributed by atoms with van der Waals surface area (Å²) in [6.07, 6.45) is 2.99. The molecule has 33 heavy (non-hydrogen) atoms. The number of H-pyrrole nitrogens is 1. The molecule has 3 aromatic carbocycles. The van der Waals surface area contributed by atoms with Gasteiger partial charge in [0.15, 0.2) is 11.6 Å². The fourth-order valence-corrected chi connectivity index (χ4v) is 3.85. The molecule has 0 fully saturated rings. The third-order valence-electron chi connectivity index (χ3n) is 4.84. The Hall–Kier alpha value is -4.08. The molecule has 1 aromatic heterocycles. The molecule has 166 valence electrons. The maximum Gasteiger partial charge on any atom is 0.248 e. The number of sulfonamides is 1. The van der Waals surface area contributed by atoms with Crippen LogP contribution >= 0.6 is 0 Å². The second-order valence-electron chi connectivity index (χ2n) is 7.02. The van der Waals surface area contributed by atoms with Crippen LogP contribution in [0, 0.1) is 0 Å². The van der Waals surface area contributed by atoms with Crippen LogP contribution in [0.15, 0.2) is 89.8 Å². The Kier molecular flexibility index (Phi) is 6.43. The van der Waals surface area contributed by atoms with Crippen LogP contribution in [-0.4, -0.2) is 36.6 Å². The maximum atomic E-state index is 12.5. The number of nitrogens with one attached hydrogen (secondary N) is 3. The van der Waals surface area contributed by atoms with Crippen molar-refractivity contribution in [3.8, 4) is 22.8 Å². The first-order valence-electron chi connectivity index (χ1n) is 10.1. The van der Waals surface area contributed by atoms with E-state index >= 15 is 0 Å². The summed E-state index contributed by atoms with van der Waals surface area (Å²) >= 11 is 0. The molecule has 0 saturated heterocycles. The number of aromatic amines is 1. The normalized spacial score (nSPS) is 11.5. The summed E-state index contributed by atoms with van der Waals surface area (Å²) in [4.78, 5) is 17.2. The molecular formula is C24H21N5O3S. The molecule has 0 atom stereocenters. The summed E-state index contributed by atoms with van der Waals surface area (Å²) in [6.45, 7) is 0. The highest BCUT2D eigenvalue weighted by atomic mass is 32.2. The molecule has 9 heteroatoms. The van der Waals surface area contributed by atoms with E-state index in [1.807, 2.05) is 48.5 Å². The highest BCUT2D eigenvalue weighted by molar-refractivity contribution is 7.89. The monoisotopic (exact) mass is 459 g/mol. The second kappa shape index (κ2) is 9.60. The summed E-state index contributed by atoms with van der Waals surface area (Å²) in [5.41, 5.74) is 2.86.